The molecule has 0 aliphatic carbocycles. The number of phenols is 1. The number of aromatic hydroxyl groups is 1. The normalized spacial score (nSPS) is 15.9. The van der Waals surface area contributed by atoms with Crippen molar-refractivity contribution in [3.63, 3.8) is 0 Å². The van der Waals surface area contributed by atoms with E-state index in [1.165, 1.54) is 18.3 Å². The van der Waals surface area contributed by atoms with Crippen LogP contribution < -0.4 is 9.64 Å². The Morgan fingerprint density at radius 3 is 2.81 bits per heavy atom. The summed E-state index contributed by atoms with van der Waals surface area (Å²) in [7, 11) is 0. The molecule has 1 N–H and O–H groups in total. The highest BCUT2D eigenvalue weighted by molar-refractivity contribution is 6.00. The molecule has 0 spiro atoms. The number of ether oxygens (including phenoxy) is 1. The van der Waals surface area contributed by atoms with Crippen molar-refractivity contribution in [3.8, 4) is 29.1 Å². The van der Waals surface area contributed by atoms with Crippen LogP contribution in [0.25, 0.3) is 32.9 Å². The van der Waals surface area contributed by atoms with Crippen molar-refractivity contribution in [2.24, 2.45) is 5.92 Å². The molecule has 0 bridgehead atoms. The van der Waals surface area contributed by atoms with Gasteiger partial charge in [-0.25, -0.2) is 13.2 Å². The predicted molar refractivity (Wildman–Crippen MR) is 128 cm³/mol. The molecule has 184 valence electrons. The predicted octanol–water partition coefficient (Wildman–Crippen LogP) is 5.50. The molecule has 1 fully saturated rings. The first-order valence-electron chi connectivity index (χ1n) is 11.6. The van der Waals surface area contributed by atoms with Crippen molar-refractivity contribution in [2.45, 2.75) is 26.2 Å². The minimum absolute atomic E-state index is 0.0311. The zero-order valence-corrected chi connectivity index (χ0v) is 19.4. The number of hydrogen-bond acceptors (Lipinski definition) is 7. The van der Waals surface area contributed by atoms with Gasteiger partial charge in [0.05, 0.1) is 18.1 Å². The number of anilines is 1. The number of rotatable bonds is 5. The summed E-state index contributed by atoms with van der Waals surface area (Å²) in [5.41, 5.74) is -0.489. The van der Waals surface area contributed by atoms with E-state index in [1.807, 2.05) is 4.90 Å². The Bertz CT molecular complexity index is 1520. The molecule has 1 aliphatic heterocycles. The third-order valence-electron chi connectivity index (χ3n) is 6.36. The summed E-state index contributed by atoms with van der Waals surface area (Å²) in [5, 5.41) is 19.6. The van der Waals surface area contributed by atoms with E-state index in [1.54, 1.807) is 6.92 Å². The molecule has 0 saturated carbocycles. The molecule has 1 atom stereocenters. The van der Waals surface area contributed by atoms with Gasteiger partial charge in [0.15, 0.2) is 17.5 Å². The van der Waals surface area contributed by atoms with Gasteiger partial charge in [0.1, 0.15) is 22.8 Å². The summed E-state index contributed by atoms with van der Waals surface area (Å²) in [6.45, 7) is 3.23. The Hall–Kier alpha value is -4.13. The first-order chi connectivity index (χ1) is 17.4. The van der Waals surface area contributed by atoms with Gasteiger partial charge in [0, 0.05) is 36.7 Å². The molecular weight excluding hydrogens is 471 g/mol. The zero-order chi connectivity index (χ0) is 25.4. The van der Waals surface area contributed by atoms with Crippen LogP contribution in [-0.4, -0.2) is 39.8 Å². The van der Waals surface area contributed by atoms with Crippen molar-refractivity contribution in [2.75, 3.05) is 24.6 Å². The second-order valence-electron chi connectivity index (χ2n) is 8.72. The number of pyridine rings is 1. The quantitative estimate of drug-likeness (QED) is 0.392. The fourth-order valence-corrected chi connectivity index (χ4v) is 4.76. The van der Waals surface area contributed by atoms with Gasteiger partial charge in [-0.05, 0) is 49.3 Å². The standard InChI is InChI=1S/C26H22F3N5O2/c1-2-36-26-32-24-18(25(33-26)34-9-3-4-14(13-34)7-8-30)12-31-23(22(24)29)17-11-16(35)10-15-5-6-19(27)21(28)20(15)17/h5-6,10-12,14,35H,2-4,7,9,13H2,1H3/t14-/m0/s1. The SMILES string of the molecule is CCOc1nc(N2CCC[C@@H](CC#N)C2)c2cnc(-c3cc(O)cc4ccc(F)c(F)c34)c(F)c2n1. The van der Waals surface area contributed by atoms with Gasteiger partial charge in [-0.1, -0.05) is 6.07 Å². The molecule has 1 saturated heterocycles. The Morgan fingerprint density at radius 2 is 2.03 bits per heavy atom. The summed E-state index contributed by atoms with van der Waals surface area (Å²) in [6.07, 6.45) is 3.55. The average Bonchev–Trinajstić information content (AvgIpc) is 2.86. The second-order valence-corrected chi connectivity index (χ2v) is 8.72. The Balaban J connectivity index is 1.73. The molecule has 0 amide bonds. The molecule has 3 heterocycles. The molecule has 4 aromatic rings. The molecule has 2 aromatic carbocycles. The fourth-order valence-electron chi connectivity index (χ4n) is 4.76. The van der Waals surface area contributed by atoms with Crippen LogP contribution in [0.2, 0.25) is 0 Å². The Kier molecular flexibility index (Phi) is 6.22. The number of benzene rings is 2. The number of aromatic nitrogens is 3. The molecule has 2 aromatic heterocycles. The van der Waals surface area contributed by atoms with E-state index < -0.39 is 17.5 Å². The lowest BCUT2D eigenvalue weighted by molar-refractivity contribution is 0.313. The van der Waals surface area contributed by atoms with Crippen LogP contribution in [0.3, 0.4) is 0 Å². The second kappa shape index (κ2) is 9.49. The molecule has 10 heteroatoms. The summed E-state index contributed by atoms with van der Waals surface area (Å²) >= 11 is 0. The van der Waals surface area contributed by atoms with Crippen LogP contribution in [0.1, 0.15) is 26.2 Å². The van der Waals surface area contributed by atoms with E-state index in [-0.39, 0.29) is 51.8 Å². The minimum atomic E-state index is -1.17. The fraction of sp³-hybridized carbons (Fsp3) is 0.308. The summed E-state index contributed by atoms with van der Waals surface area (Å²) in [6, 6.07) is 6.83. The van der Waals surface area contributed by atoms with Crippen molar-refractivity contribution >= 4 is 27.5 Å². The number of hydrogen-bond donors (Lipinski definition) is 1. The third kappa shape index (κ3) is 4.11. The van der Waals surface area contributed by atoms with Crippen LogP contribution in [0.15, 0.2) is 30.5 Å². The molecule has 5 rings (SSSR count). The van der Waals surface area contributed by atoms with Crippen LogP contribution in [0.5, 0.6) is 11.8 Å². The molecule has 7 nitrogen and oxygen atoms in total. The lowest BCUT2D eigenvalue weighted by Crippen LogP contribution is -2.36. The van der Waals surface area contributed by atoms with Crippen molar-refractivity contribution in [1.82, 2.24) is 15.0 Å². The lowest BCUT2D eigenvalue weighted by atomic mass is 9.95. The van der Waals surface area contributed by atoms with Gasteiger partial charge in [-0.2, -0.15) is 15.2 Å². The maximum Gasteiger partial charge on any atom is 0.319 e. The van der Waals surface area contributed by atoms with Crippen LogP contribution in [0, 0.1) is 34.7 Å². The highest BCUT2D eigenvalue weighted by Gasteiger charge is 2.26. The summed E-state index contributed by atoms with van der Waals surface area (Å²) in [4.78, 5) is 15.0. The van der Waals surface area contributed by atoms with Gasteiger partial charge in [-0.3, -0.25) is 4.98 Å². The van der Waals surface area contributed by atoms with Gasteiger partial charge < -0.3 is 14.7 Å². The van der Waals surface area contributed by atoms with Crippen molar-refractivity contribution in [1.29, 1.82) is 5.26 Å². The monoisotopic (exact) mass is 493 g/mol. The number of halogens is 3. The van der Waals surface area contributed by atoms with Crippen molar-refractivity contribution in [3.05, 3.63) is 47.9 Å². The average molecular weight is 493 g/mol. The minimum Gasteiger partial charge on any atom is -0.508 e. The molecule has 1 aliphatic rings. The van der Waals surface area contributed by atoms with Gasteiger partial charge >= 0.3 is 6.01 Å². The first kappa shape index (κ1) is 23.6. The zero-order valence-electron chi connectivity index (χ0n) is 19.4. The van der Waals surface area contributed by atoms with E-state index in [4.69, 9.17) is 10.00 Å². The maximum atomic E-state index is 16.0. The van der Waals surface area contributed by atoms with Gasteiger partial charge in [0.25, 0.3) is 0 Å². The number of fused-ring (bicyclic) bond motifs is 2. The molecule has 0 radical (unpaired) electrons. The van der Waals surface area contributed by atoms with E-state index in [9.17, 15) is 13.9 Å². The molecular formula is C26H22F3N5O2. The number of phenolic OH excluding ortho intramolecular Hbond substituents is 1. The van der Waals surface area contributed by atoms with E-state index in [2.05, 4.69) is 21.0 Å². The smallest absolute Gasteiger partial charge is 0.319 e. The Morgan fingerprint density at radius 1 is 1.19 bits per heavy atom. The molecule has 36 heavy (non-hydrogen) atoms. The van der Waals surface area contributed by atoms with E-state index in [0.717, 1.165) is 25.0 Å². The summed E-state index contributed by atoms with van der Waals surface area (Å²) in [5.74, 6) is -2.81. The maximum absolute atomic E-state index is 16.0. The highest BCUT2D eigenvalue weighted by atomic mass is 19.2. The third-order valence-corrected chi connectivity index (χ3v) is 6.36. The van der Waals surface area contributed by atoms with Crippen LogP contribution in [-0.2, 0) is 0 Å². The first-order valence-corrected chi connectivity index (χ1v) is 11.6. The number of nitriles is 1. The van der Waals surface area contributed by atoms with Crippen LogP contribution in [0.4, 0.5) is 19.0 Å². The summed E-state index contributed by atoms with van der Waals surface area (Å²) < 4.78 is 50.4. The number of nitrogens with zero attached hydrogens (tertiary/aromatic N) is 5. The largest absolute Gasteiger partial charge is 0.508 e. The van der Waals surface area contributed by atoms with E-state index >= 15 is 4.39 Å². The Labute approximate surface area is 204 Å². The van der Waals surface area contributed by atoms with E-state index in [0.29, 0.717) is 30.7 Å². The van der Waals surface area contributed by atoms with Crippen LogP contribution >= 0.6 is 0 Å². The van der Waals surface area contributed by atoms with Gasteiger partial charge in [-0.15, -0.1) is 0 Å². The lowest BCUT2D eigenvalue weighted by Gasteiger charge is -2.33. The van der Waals surface area contributed by atoms with Gasteiger partial charge in [0.2, 0.25) is 0 Å². The van der Waals surface area contributed by atoms with Crippen molar-refractivity contribution < 1.29 is 23.0 Å². The highest BCUT2D eigenvalue weighted by Crippen LogP contribution is 2.38. The topological polar surface area (TPSA) is 95.2 Å². The number of piperidine rings is 1. The molecule has 0 unspecified atom stereocenters.